The van der Waals surface area contributed by atoms with Crippen molar-refractivity contribution in [1.29, 1.82) is 0 Å². The van der Waals surface area contributed by atoms with E-state index in [2.05, 4.69) is 25.5 Å². The average molecular weight is 538 g/mol. The van der Waals surface area contributed by atoms with Gasteiger partial charge in [-0.2, -0.15) is 0 Å². The van der Waals surface area contributed by atoms with E-state index in [0.29, 0.717) is 60.9 Å². The summed E-state index contributed by atoms with van der Waals surface area (Å²) in [5, 5.41) is 20.1. The predicted octanol–water partition coefficient (Wildman–Crippen LogP) is 6.40. The van der Waals surface area contributed by atoms with E-state index in [9.17, 15) is 14.3 Å². The molecule has 2 aromatic heterocycles. The predicted molar refractivity (Wildman–Crippen MR) is 149 cm³/mol. The van der Waals surface area contributed by atoms with Crippen molar-refractivity contribution in [3.05, 3.63) is 53.5 Å². The lowest BCUT2D eigenvalue weighted by molar-refractivity contribution is 0.0185. The third kappa shape index (κ3) is 7.62. The molecule has 8 nitrogen and oxygen atoms in total. The number of benzene rings is 1. The number of nitrogens with one attached hydrogen (secondary N) is 2. The highest BCUT2D eigenvalue weighted by Gasteiger charge is 2.22. The van der Waals surface area contributed by atoms with Gasteiger partial charge in [0.2, 0.25) is 5.82 Å². The van der Waals surface area contributed by atoms with Crippen LogP contribution in [-0.4, -0.2) is 43.4 Å². The lowest BCUT2D eigenvalue weighted by Crippen LogP contribution is -2.26. The number of amides is 1. The summed E-state index contributed by atoms with van der Waals surface area (Å²) in [6, 6.07) is 7.02. The summed E-state index contributed by atoms with van der Waals surface area (Å²) in [4.78, 5) is 21.2. The number of pyridine rings is 1. The van der Waals surface area contributed by atoms with Crippen LogP contribution in [0.3, 0.4) is 0 Å². The number of aromatic amines is 1. The zero-order chi connectivity index (χ0) is 27.8. The van der Waals surface area contributed by atoms with Gasteiger partial charge in [0.25, 0.3) is 5.91 Å². The van der Waals surface area contributed by atoms with Gasteiger partial charge in [-0.05, 0) is 67.9 Å². The molecule has 0 atom stereocenters. The molecule has 39 heavy (non-hydrogen) atoms. The Balaban J connectivity index is 1.41. The molecular formula is C30H40FN5O3. The molecule has 0 aliphatic heterocycles. The van der Waals surface area contributed by atoms with Gasteiger partial charge in [-0.25, -0.2) is 14.4 Å². The number of hydrogen-bond acceptors (Lipinski definition) is 6. The molecule has 0 unspecified atom stereocenters. The highest BCUT2D eigenvalue weighted by Crippen LogP contribution is 2.31. The minimum Gasteiger partial charge on any atom is -0.494 e. The summed E-state index contributed by atoms with van der Waals surface area (Å²) < 4.78 is 20.8. The lowest BCUT2D eigenvalue weighted by Gasteiger charge is -2.25. The van der Waals surface area contributed by atoms with E-state index < -0.39 is 17.3 Å². The Morgan fingerprint density at radius 3 is 2.69 bits per heavy atom. The molecule has 0 saturated heterocycles. The minimum absolute atomic E-state index is 0.0399. The van der Waals surface area contributed by atoms with Crippen LogP contribution in [-0.2, 0) is 6.42 Å². The normalized spacial score (nSPS) is 14.4. The SMILES string of the molecule is CCC(O)(CC)CCCOc1ccc(C)c(-c2cc(NC(=O)c3n[nH]c(CC4CCCCC4)n3)ncc2F)c1. The van der Waals surface area contributed by atoms with Gasteiger partial charge in [0.1, 0.15) is 23.2 Å². The van der Waals surface area contributed by atoms with Crippen LogP contribution in [0.5, 0.6) is 5.75 Å². The highest BCUT2D eigenvalue weighted by atomic mass is 19.1. The maximum absolute atomic E-state index is 14.9. The summed E-state index contributed by atoms with van der Waals surface area (Å²) >= 11 is 0. The van der Waals surface area contributed by atoms with Gasteiger partial charge in [-0.1, -0.05) is 52.0 Å². The largest absolute Gasteiger partial charge is 0.494 e. The number of halogens is 1. The fourth-order valence-corrected chi connectivity index (χ4v) is 5.21. The minimum atomic E-state index is -0.662. The molecule has 4 rings (SSSR count). The molecule has 1 aliphatic rings. The zero-order valence-electron chi connectivity index (χ0n) is 23.2. The molecule has 1 aromatic carbocycles. The fourth-order valence-electron chi connectivity index (χ4n) is 5.21. The molecule has 3 aromatic rings. The average Bonchev–Trinajstić information content (AvgIpc) is 3.42. The molecule has 1 amide bonds. The van der Waals surface area contributed by atoms with Crippen LogP contribution in [0.4, 0.5) is 10.2 Å². The molecule has 210 valence electrons. The number of rotatable bonds is 12. The van der Waals surface area contributed by atoms with Crippen LogP contribution >= 0.6 is 0 Å². The van der Waals surface area contributed by atoms with E-state index >= 15 is 0 Å². The fraction of sp³-hybridized carbons (Fsp3) is 0.533. The van der Waals surface area contributed by atoms with Gasteiger partial charge in [-0.15, -0.1) is 5.10 Å². The molecule has 3 N–H and O–H groups in total. The zero-order valence-corrected chi connectivity index (χ0v) is 23.2. The van der Waals surface area contributed by atoms with Crippen molar-refractivity contribution in [2.24, 2.45) is 5.92 Å². The van der Waals surface area contributed by atoms with Crippen molar-refractivity contribution in [3.8, 4) is 16.9 Å². The molecule has 0 bridgehead atoms. The number of aliphatic hydroxyl groups is 1. The number of carbonyl (C=O) groups is 1. The number of carbonyl (C=O) groups excluding carboxylic acids is 1. The van der Waals surface area contributed by atoms with Gasteiger partial charge >= 0.3 is 0 Å². The van der Waals surface area contributed by atoms with E-state index in [4.69, 9.17) is 4.74 Å². The lowest BCUT2D eigenvalue weighted by atomic mass is 9.87. The number of ether oxygens (including phenoxy) is 1. The maximum Gasteiger partial charge on any atom is 0.296 e. The second-order valence-corrected chi connectivity index (χ2v) is 10.7. The summed E-state index contributed by atoms with van der Waals surface area (Å²) in [6.07, 6.45) is 10.8. The first-order valence-corrected chi connectivity index (χ1v) is 14.1. The number of aromatic nitrogens is 4. The first-order valence-electron chi connectivity index (χ1n) is 14.1. The summed E-state index contributed by atoms with van der Waals surface area (Å²) in [5.41, 5.74) is 1.15. The molecule has 1 fully saturated rings. The van der Waals surface area contributed by atoms with E-state index in [1.165, 1.54) is 38.2 Å². The van der Waals surface area contributed by atoms with E-state index in [1.807, 2.05) is 32.9 Å². The Labute approximate surface area is 229 Å². The van der Waals surface area contributed by atoms with Crippen LogP contribution in [0.15, 0.2) is 30.5 Å². The smallest absolute Gasteiger partial charge is 0.296 e. The Hall–Kier alpha value is -3.33. The van der Waals surface area contributed by atoms with Crippen LogP contribution in [0.25, 0.3) is 11.1 Å². The number of hydrogen-bond donors (Lipinski definition) is 3. The molecule has 1 saturated carbocycles. The Morgan fingerprint density at radius 1 is 1.18 bits per heavy atom. The van der Waals surface area contributed by atoms with Crippen molar-refractivity contribution in [2.75, 3.05) is 11.9 Å². The first kappa shape index (κ1) is 28.7. The molecular weight excluding hydrogens is 497 g/mol. The van der Waals surface area contributed by atoms with Gasteiger partial charge in [0.05, 0.1) is 18.4 Å². The summed E-state index contributed by atoms with van der Waals surface area (Å²) in [6.45, 7) is 6.31. The highest BCUT2D eigenvalue weighted by molar-refractivity contribution is 6.01. The van der Waals surface area contributed by atoms with E-state index in [-0.39, 0.29) is 11.6 Å². The van der Waals surface area contributed by atoms with Crippen molar-refractivity contribution in [1.82, 2.24) is 20.2 Å². The Kier molecular flexibility index (Phi) is 9.67. The van der Waals surface area contributed by atoms with Crippen molar-refractivity contribution in [3.63, 3.8) is 0 Å². The Bertz CT molecular complexity index is 1250. The van der Waals surface area contributed by atoms with Gasteiger partial charge in [0, 0.05) is 12.0 Å². The number of aryl methyl sites for hydroxylation is 1. The molecule has 2 heterocycles. The summed E-state index contributed by atoms with van der Waals surface area (Å²) in [7, 11) is 0. The van der Waals surface area contributed by atoms with E-state index in [0.717, 1.165) is 18.2 Å². The topological polar surface area (TPSA) is 113 Å². The summed E-state index contributed by atoms with van der Waals surface area (Å²) in [5.74, 6) is 1.14. The van der Waals surface area contributed by atoms with Gasteiger partial charge in [-0.3, -0.25) is 9.89 Å². The van der Waals surface area contributed by atoms with Crippen LogP contribution in [0, 0.1) is 18.7 Å². The van der Waals surface area contributed by atoms with Crippen molar-refractivity contribution < 1.29 is 19.0 Å². The van der Waals surface area contributed by atoms with Crippen molar-refractivity contribution >= 4 is 11.7 Å². The third-order valence-corrected chi connectivity index (χ3v) is 7.91. The second-order valence-electron chi connectivity index (χ2n) is 10.7. The molecule has 0 spiro atoms. The maximum atomic E-state index is 14.9. The molecule has 9 heteroatoms. The van der Waals surface area contributed by atoms with Crippen LogP contribution < -0.4 is 10.1 Å². The second kappa shape index (κ2) is 13.2. The van der Waals surface area contributed by atoms with Crippen LogP contribution in [0.1, 0.15) is 93.6 Å². The van der Waals surface area contributed by atoms with Crippen LogP contribution in [0.2, 0.25) is 0 Å². The van der Waals surface area contributed by atoms with Gasteiger partial charge in [0.15, 0.2) is 0 Å². The molecule has 1 aliphatic carbocycles. The number of nitrogens with zero attached hydrogens (tertiary/aromatic N) is 3. The Morgan fingerprint density at radius 2 is 1.95 bits per heavy atom. The number of H-pyrrole nitrogens is 1. The quantitative estimate of drug-likeness (QED) is 0.231. The van der Waals surface area contributed by atoms with Gasteiger partial charge < -0.3 is 15.2 Å². The molecule has 0 radical (unpaired) electrons. The first-order chi connectivity index (χ1) is 18.8. The standard InChI is InChI=1S/C30H40FN5O3/c1-4-30(38,5-2)14-9-15-39-22-13-12-20(3)23(17-22)24-18-26(32-19-25(24)31)34-29(37)28-33-27(35-36-28)16-21-10-7-6-8-11-21/h12-13,17-19,21,38H,4-11,14-16H2,1-3H3,(H,32,34,37)(H,33,35,36). The monoisotopic (exact) mass is 537 g/mol. The van der Waals surface area contributed by atoms with E-state index in [1.54, 1.807) is 6.07 Å². The number of anilines is 1. The van der Waals surface area contributed by atoms with Crippen molar-refractivity contribution in [2.45, 2.75) is 90.6 Å². The third-order valence-electron chi connectivity index (χ3n) is 7.91.